The fourth-order valence-electron chi connectivity index (χ4n) is 3.10. The van der Waals surface area contributed by atoms with Crippen molar-refractivity contribution in [3.63, 3.8) is 0 Å². The van der Waals surface area contributed by atoms with Crippen molar-refractivity contribution in [2.24, 2.45) is 5.92 Å². The Morgan fingerprint density at radius 3 is 3.00 bits per heavy atom. The molecule has 2 unspecified atom stereocenters. The van der Waals surface area contributed by atoms with E-state index in [0.717, 1.165) is 12.8 Å². The highest BCUT2D eigenvalue weighted by Crippen LogP contribution is 2.58. The number of thioether (sulfide) groups is 1. The second-order valence-electron chi connectivity index (χ2n) is 4.52. The molecule has 1 fully saturated rings. The quantitative estimate of drug-likeness (QED) is 0.690. The molecule has 0 spiro atoms. The maximum atomic E-state index is 12.3. The van der Waals surface area contributed by atoms with Gasteiger partial charge >= 0.3 is 0 Å². The average molecular weight is 240 g/mol. The fraction of sp³-hybridized carbons (Fsp3) is 0.667. The molecule has 0 aromatic carbocycles. The molecule has 1 saturated heterocycles. The summed E-state index contributed by atoms with van der Waals surface area (Å²) in [7, 11) is -0.662. The molecular formula is C12H16OS2. The molecule has 0 saturated carbocycles. The van der Waals surface area contributed by atoms with Crippen molar-refractivity contribution in [3.8, 4) is 0 Å². The molecule has 0 N–H and O–H groups in total. The molecule has 3 heterocycles. The Morgan fingerprint density at radius 2 is 2.33 bits per heavy atom. The predicted molar refractivity (Wildman–Crippen MR) is 67.3 cm³/mol. The van der Waals surface area contributed by atoms with Crippen LogP contribution in [0.2, 0.25) is 0 Å². The summed E-state index contributed by atoms with van der Waals surface area (Å²) >= 11 is 1.98. The summed E-state index contributed by atoms with van der Waals surface area (Å²) in [6, 6.07) is 0. The molecule has 1 nitrogen and oxygen atoms in total. The van der Waals surface area contributed by atoms with Gasteiger partial charge in [0.1, 0.15) is 0 Å². The van der Waals surface area contributed by atoms with Crippen LogP contribution in [0.3, 0.4) is 0 Å². The smallest absolute Gasteiger partial charge is 0.0716 e. The highest BCUT2D eigenvalue weighted by atomic mass is 32.2. The Labute approximate surface area is 97.9 Å². The zero-order valence-corrected chi connectivity index (χ0v) is 10.7. The lowest BCUT2D eigenvalue weighted by molar-refractivity contribution is 0.506. The monoisotopic (exact) mass is 240 g/mol. The molecule has 0 aliphatic carbocycles. The SMILES string of the molecule is CCC1=C[C@H]2[C@@H](S1)C1C=C[C@]2(CC)S1=O. The van der Waals surface area contributed by atoms with E-state index < -0.39 is 10.8 Å². The minimum atomic E-state index is -0.662. The fourth-order valence-corrected chi connectivity index (χ4v) is 7.21. The highest BCUT2D eigenvalue weighted by molar-refractivity contribution is 8.05. The van der Waals surface area contributed by atoms with Crippen molar-refractivity contribution >= 4 is 22.6 Å². The van der Waals surface area contributed by atoms with E-state index in [0.29, 0.717) is 16.4 Å². The van der Waals surface area contributed by atoms with E-state index in [-0.39, 0.29) is 4.75 Å². The average Bonchev–Trinajstić information content (AvgIpc) is 2.87. The lowest BCUT2D eigenvalue weighted by Gasteiger charge is -2.27. The van der Waals surface area contributed by atoms with Crippen molar-refractivity contribution in [1.29, 1.82) is 0 Å². The first-order valence-electron chi connectivity index (χ1n) is 5.70. The first-order chi connectivity index (χ1) is 7.23. The summed E-state index contributed by atoms with van der Waals surface area (Å²) in [6.45, 7) is 4.39. The Kier molecular flexibility index (Phi) is 2.19. The van der Waals surface area contributed by atoms with Gasteiger partial charge in [-0.1, -0.05) is 32.1 Å². The molecular weight excluding hydrogens is 224 g/mol. The Bertz CT molecular complexity index is 385. The molecule has 0 aromatic heterocycles. The molecule has 0 radical (unpaired) electrons. The summed E-state index contributed by atoms with van der Waals surface area (Å²) in [5.41, 5.74) is 0. The molecule has 3 aliphatic rings. The van der Waals surface area contributed by atoms with Crippen LogP contribution in [-0.4, -0.2) is 19.5 Å². The van der Waals surface area contributed by atoms with Crippen LogP contribution in [0.4, 0.5) is 0 Å². The van der Waals surface area contributed by atoms with E-state index in [1.165, 1.54) is 4.91 Å². The Balaban J connectivity index is 2.04. The molecule has 0 amide bonds. The first kappa shape index (κ1) is 10.2. The van der Waals surface area contributed by atoms with Crippen molar-refractivity contribution in [1.82, 2.24) is 0 Å². The third kappa shape index (κ3) is 1.09. The van der Waals surface area contributed by atoms with E-state index in [1.807, 2.05) is 11.8 Å². The highest BCUT2D eigenvalue weighted by Gasteiger charge is 2.60. The molecule has 3 heteroatoms. The van der Waals surface area contributed by atoms with Gasteiger partial charge in [0, 0.05) is 22.0 Å². The lowest BCUT2D eigenvalue weighted by atomic mass is 9.81. The first-order valence-corrected chi connectivity index (χ1v) is 7.79. The molecule has 82 valence electrons. The number of fused-ring (bicyclic) bond motifs is 5. The largest absolute Gasteiger partial charge is 0.258 e. The zero-order valence-electron chi connectivity index (χ0n) is 9.10. The Morgan fingerprint density at radius 1 is 1.53 bits per heavy atom. The van der Waals surface area contributed by atoms with Gasteiger partial charge in [0.05, 0.1) is 10.00 Å². The molecule has 2 bridgehead atoms. The van der Waals surface area contributed by atoms with Crippen LogP contribution < -0.4 is 0 Å². The lowest BCUT2D eigenvalue weighted by Crippen LogP contribution is -2.33. The van der Waals surface area contributed by atoms with E-state index in [1.54, 1.807) is 0 Å². The van der Waals surface area contributed by atoms with E-state index in [9.17, 15) is 4.21 Å². The molecule has 15 heavy (non-hydrogen) atoms. The minimum absolute atomic E-state index is 0.0146. The van der Waals surface area contributed by atoms with Crippen molar-refractivity contribution < 1.29 is 4.21 Å². The van der Waals surface area contributed by atoms with Gasteiger partial charge in [-0.3, -0.25) is 4.21 Å². The molecule has 3 aliphatic heterocycles. The molecule has 5 atom stereocenters. The Hall–Kier alpha value is -0.0200. The zero-order chi connectivity index (χ0) is 10.6. The van der Waals surface area contributed by atoms with E-state index in [4.69, 9.17) is 0 Å². The van der Waals surface area contributed by atoms with E-state index in [2.05, 4.69) is 32.1 Å². The second-order valence-corrected chi connectivity index (χ2v) is 7.73. The van der Waals surface area contributed by atoms with Gasteiger partial charge in [-0.15, -0.1) is 11.8 Å². The standard InChI is InChI=1S/C12H16OS2/c1-3-8-7-9-11(14-8)10-5-6-12(9,4-2)15(10)13/h5-7,9-11H,3-4H2,1-2H3/t9-,10?,11+,12-,15?/m0/s1. The van der Waals surface area contributed by atoms with Gasteiger partial charge in [-0.25, -0.2) is 0 Å². The van der Waals surface area contributed by atoms with Crippen LogP contribution in [0.5, 0.6) is 0 Å². The van der Waals surface area contributed by atoms with Gasteiger partial charge in [0.15, 0.2) is 0 Å². The van der Waals surface area contributed by atoms with Crippen LogP contribution in [-0.2, 0) is 10.8 Å². The maximum Gasteiger partial charge on any atom is 0.0716 e. The van der Waals surface area contributed by atoms with Gasteiger partial charge < -0.3 is 0 Å². The van der Waals surface area contributed by atoms with Crippen LogP contribution >= 0.6 is 11.8 Å². The number of hydrogen-bond acceptors (Lipinski definition) is 2. The van der Waals surface area contributed by atoms with Gasteiger partial charge in [0.25, 0.3) is 0 Å². The summed E-state index contributed by atoms with van der Waals surface area (Å²) in [6.07, 6.45) is 9.00. The molecule has 0 aromatic rings. The third-order valence-electron chi connectivity index (χ3n) is 3.99. The maximum absolute atomic E-state index is 12.3. The summed E-state index contributed by atoms with van der Waals surface area (Å²) in [5.74, 6) is 0.540. The predicted octanol–water partition coefficient (Wildman–Crippen LogP) is 2.86. The normalized spacial score (nSPS) is 50.9. The topological polar surface area (TPSA) is 17.1 Å². The van der Waals surface area contributed by atoms with Crippen molar-refractivity contribution in [2.45, 2.75) is 41.9 Å². The second kappa shape index (κ2) is 3.24. The van der Waals surface area contributed by atoms with Crippen molar-refractivity contribution in [3.05, 3.63) is 23.1 Å². The summed E-state index contributed by atoms with van der Waals surface area (Å²) in [5, 5.41) is 0.894. The van der Waals surface area contributed by atoms with Crippen LogP contribution in [0.1, 0.15) is 26.7 Å². The number of hydrogen-bond donors (Lipinski definition) is 0. The summed E-state index contributed by atoms with van der Waals surface area (Å²) < 4.78 is 12.3. The van der Waals surface area contributed by atoms with Crippen LogP contribution in [0, 0.1) is 5.92 Å². The minimum Gasteiger partial charge on any atom is -0.258 e. The van der Waals surface area contributed by atoms with Crippen molar-refractivity contribution in [2.75, 3.05) is 0 Å². The van der Waals surface area contributed by atoms with Gasteiger partial charge in [0.2, 0.25) is 0 Å². The van der Waals surface area contributed by atoms with Crippen LogP contribution in [0.25, 0.3) is 0 Å². The number of rotatable bonds is 2. The third-order valence-corrected chi connectivity index (χ3v) is 8.13. The van der Waals surface area contributed by atoms with Gasteiger partial charge in [-0.05, 0) is 17.7 Å². The van der Waals surface area contributed by atoms with Gasteiger partial charge in [-0.2, -0.15) is 0 Å². The summed E-state index contributed by atoms with van der Waals surface area (Å²) in [4.78, 5) is 1.51. The van der Waals surface area contributed by atoms with E-state index >= 15 is 0 Å². The number of allylic oxidation sites excluding steroid dienone is 2. The molecule has 3 rings (SSSR count). The van der Waals surface area contributed by atoms with Crippen LogP contribution in [0.15, 0.2) is 23.1 Å².